The maximum Gasteiger partial charge on any atom is 0.256 e. The van der Waals surface area contributed by atoms with Gasteiger partial charge in [-0.25, -0.2) is 8.78 Å². The smallest absolute Gasteiger partial charge is 0.256 e. The second-order valence-electron chi connectivity index (χ2n) is 4.62. The number of halogens is 2. The van der Waals surface area contributed by atoms with E-state index in [2.05, 4.69) is 0 Å². The Morgan fingerprint density at radius 2 is 2.22 bits per heavy atom. The van der Waals surface area contributed by atoms with E-state index in [-0.39, 0.29) is 17.4 Å². The fraction of sp³-hybridized carbons (Fsp3) is 0.462. The van der Waals surface area contributed by atoms with Crippen LogP contribution in [0.2, 0.25) is 0 Å². The van der Waals surface area contributed by atoms with Crippen molar-refractivity contribution in [3.05, 3.63) is 35.4 Å². The van der Waals surface area contributed by atoms with Crippen molar-refractivity contribution < 1.29 is 13.6 Å². The first-order chi connectivity index (χ1) is 8.61. The highest BCUT2D eigenvalue weighted by atomic mass is 19.1. The van der Waals surface area contributed by atoms with Gasteiger partial charge in [-0.2, -0.15) is 0 Å². The van der Waals surface area contributed by atoms with Crippen LogP contribution in [-0.2, 0) is 0 Å². The van der Waals surface area contributed by atoms with Crippen LogP contribution in [0, 0.1) is 17.6 Å². The zero-order chi connectivity index (χ0) is 13.1. The van der Waals surface area contributed by atoms with Crippen LogP contribution in [0.3, 0.4) is 0 Å². The summed E-state index contributed by atoms with van der Waals surface area (Å²) in [4.78, 5) is 13.7. The fourth-order valence-corrected chi connectivity index (χ4v) is 2.28. The highest BCUT2D eigenvalue weighted by molar-refractivity contribution is 5.94. The molecule has 2 rings (SSSR count). The third-order valence-corrected chi connectivity index (χ3v) is 3.30. The summed E-state index contributed by atoms with van der Waals surface area (Å²) in [6.07, 6.45) is 1.86. The maximum absolute atomic E-state index is 13.5. The predicted molar refractivity (Wildman–Crippen MR) is 64.0 cm³/mol. The Balaban J connectivity index is 2.15. The number of nitrogens with zero attached hydrogens (tertiary/aromatic N) is 1. The van der Waals surface area contributed by atoms with E-state index < -0.39 is 11.6 Å². The zero-order valence-corrected chi connectivity index (χ0v) is 10.0. The summed E-state index contributed by atoms with van der Waals surface area (Å²) in [5.41, 5.74) is 5.52. The zero-order valence-electron chi connectivity index (χ0n) is 10.0. The fourth-order valence-electron chi connectivity index (χ4n) is 2.28. The number of carbonyl (C=O) groups is 1. The lowest BCUT2D eigenvalue weighted by Crippen LogP contribution is -2.42. The van der Waals surface area contributed by atoms with Gasteiger partial charge in [0, 0.05) is 19.2 Å². The summed E-state index contributed by atoms with van der Waals surface area (Å²) >= 11 is 0. The van der Waals surface area contributed by atoms with Gasteiger partial charge in [-0.1, -0.05) is 0 Å². The van der Waals surface area contributed by atoms with E-state index >= 15 is 0 Å². The Hall–Kier alpha value is -1.49. The summed E-state index contributed by atoms with van der Waals surface area (Å²) in [5.74, 6) is -1.60. The van der Waals surface area contributed by atoms with E-state index in [1.54, 1.807) is 4.90 Å². The molecule has 1 aromatic carbocycles. The van der Waals surface area contributed by atoms with Crippen LogP contribution in [0.25, 0.3) is 0 Å². The topological polar surface area (TPSA) is 46.3 Å². The molecule has 2 N–H and O–H groups in total. The minimum atomic E-state index is -0.810. The number of rotatable bonds is 2. The largest absolute Gasteiger partial charge is 0.338 e. The summed E-state index contributed by atoms with van der Waals surface area (Å²) in [7, 11) is 0. The normalized spacial score (nSPS) is 19.9. The first kappa shape index (κ1) is 13.0. The van der Waals surface area contributed by atoms with Crippen LogP contribution >= 0.6 is 0 Å². The van der Waals surface area contributed by atoms with Gasteiger partial charge in [0.15, 0.2) is 0 Å². The summed E-state index contributed by atoms with van der Waals surface area (Å²) in [6, 6.07) is 3.03. The number of hydrogen-bond donors (Lipinski definition) is 1. The third kappa shape index (κ3) is 2.67. The van der Waals surface area contributed by atoms with Gasteiger partial charge in [-0.05, 0) is 37.4 Å². The number of carbonyl (C=O) groups excluding carboxylic acids is 1. The molecule has 1 saturated heterocycles. The van der Waals surface area contributed by atoms with E-state index in [0.29, 0.717) is 19.6 Å². The molecule has 1 aromatic rings. The molecular weight excluding hydrogens is 238 g/mol. The maximum atomic E-state index is 13.5. The molecule has 1 fully saturated rings. The Kier molecular flexibility index (Phi) is 3.91. The van der Waals surface area contributed by atoms with Crippen LogP contribution in [0.4, 0.5) is 8.78 Å². The molecule has 1 aliphatic rings. The number of nitrogens with two attached hydrogens (primary N) is 1. The second-order valence-corrected chi connectivity index (χ2v) is 4.62. The number of benzene rings is 1. The molecule has 0 bridgehead atoms. The molecule has 0 spiro atoms. The molecule has 1 atom stereocenters. The van der Waals surface area contributed by atoms with Gasteiger partial charge in [-0.3, -0.25) is 4.79 Å². The number of amides is 1. The molecule has 18 heavy (non-hydrogen) atoms. The van der Waals surface area contributed by atoms with E-state index in [9.17, 15) is 13.6 Å². The van der Waals surface area contributed by atoms with E-state index in [1.165, 1.54) is 6.07 Å². The van der Waals surface area contributed by atoms with Crippen molar-refractivity contribution in [2.45, 2.75) is 12.8 Å². The first-order valence-corrected chi connectivity index (χ1v) is 6.06. The SMILES string of the molecule is NCC1CCCN(C(=O)c2ccc(F)cc2F)C1. The van der Waals surface area contributed by atoms with Gasteiger partial charge in [0.1, 0.15) is 11.6 Å². The highest BCUT2D eigenvalue weighted by Gasteiger charge is 2.25. The molecule has 3 nitrogen and oxygen atoms in total. The lowest BCUT2D eigenvalue weighted by atomic mass is 9.97. The van der Waals surface area contributed by atoms with Crippen LogP contribution in [0.15, 0.2) is 18.2 Å². The van der Waals surface area contributed by atoms with E-state index in [4.69, 9.17) is 5.73 Å². The summed E-state index contributed by atoms with van der Waals surface area (Å²) in [6.45, 7) is 1.67. The van der Waals surface area contributed by atoms with Crippen molar-refractivity contribution in [3.63, 3.8) is 0 Å². The lowest BCUT2D eigenvalue weighted by Gasteiger charge is -2.32. The Bertz CT molecular complexity index is 451. The average molecular weight is 254 g/mol. The van der Waals surface area contributed by atoms with Crippen molar-refractivity contribution >= 4 is 5.91 Å². The van der Waals surface area contributed by atoms with Crippen molar-refractivity contribution in [2.24, 2.45) is 11.7 Å². The van der Waals surface area contributed by atoms with E-state index in [0.717, 1.165) is 25.0 Å². The average Bonchev–Trinajstić information content (AvgIpc) is 2.38. The minimum absolute atomic E-state index is 0.0749. The van der Waals surface area contributed by atoms with Crippen LogP contribution in [-0.4, -0.2) is 30.4 Å². The Labute approximate surface area is 105 Å². The summed E-state index contributed by atoms with van der Waals surface area (Å²) < 4.78 is 26.3. The van der Waals surface area contributed by atoms with Crippen molar-refractivity contribution in [3.8, 4) is 0 Å². The second kappa shape index (κ2) is 5.44. The van der Waals surface area contributed by atoms with Crippen molar-refractivity contribution in [2.75, 3.05) is 19.6 Å². The van der Waals surface area contributed by atoms with Gasteiger partial charge in [-0.15, -0.1) is 0 Å². The molecule has 1 unspecified atom stereocenters. The molecular formula is C13H16F2N2O. The van der Waals surface area contributed by atoms with Crippen LogP contribution in [0.5, 0.6) is 0 Å². The molecule has 1 aliphatic heterocycles. The van der Waals surface area contributed by atoms with Gasteiger partial charge < -0.3 is 10.6 Å². The number of hydrogen-bond acceptors (Lipinski definition) is 2. The predicted octanol–water partition coefficient (Wildman–Crippen LogP) is 1.78. The molecule has 98 valence electrons. The summed E-state index contributed by atoms with van der Waals surface area (Å²) in [5, 5.41) is 0. The van der Waals surface area contributed by atoms with Gasteiger partial charge in [0.25, 0.3) is 5.91 Å². The Morgan fingerprint density at radius 3 is 2.89 bits per heavy atom. The van der Waals surface area contributed by atoms with E-state index in [1.807, 2.05) is 0 Å². The highest BCUT2D eigenvalue weighted by Crippen LogP contribution is 2.19. The molecule has 0 aromatic heterocycles. The van der Waals surface area contributed by atoms with Gasteiger partial charge in [0.05, 0.1) is 5.56 Å². The van der Waals surface area contributed by atoms with Crippen molar-refractivity contribution in [1.29, 1.82) is 0 Å². The van der Waals surface area contributed by atoms with Crippen molar-refractivity contribution in [1.82, 2.24) is 4.90 Å². The number of piperidine rings is 1. The molecule has 1 heterocycles. The molecule has 0 radical (unpaired) electrons. The number of likely N-dealkylation sites (tertiary alicyclic amines) is 1. The molecule has 1 amide bonds. The molecule has 0 saturated carbocycles. The van der Waals surface area contributed by atoms with Crippen LogP contribution in [0.1, 0.15) is 23.2 Å². The molecule has 0 aliphatic carbocycles. The third-order valence-electron chi connectivity index (χ3n) is 3.30. The van der Waals surface area contributed by atoms with Gasteiger partial charge in [0.2, 0.25) is 0 Å². The standard InChI is InChI=1S/C13H16F2N2O/c14-10-3-4-11(12(15)6-10)13(18)17-5-1-2-9(7-16)8-17/h3-4,6,9H,1-2,5,7-8,16H2. The Morgan fingerprint density at radius 1 is 1.44 bits per heavy atom. The van der Waals surface area contributed by atoms with Gasteiger partial charge >= 0.3 is 0 Å². The minimum Gasteiger partial charge on any atom is -0.338 e. The lowest BCUT2D eigenvalue weighted by molar-refractivity contribution is 0.0673. The first-order valence-electron chi connectivity index (χ1n) is 6.06. The van der Waals surface area contributed by atoms with Crippen LogP contribution < -0.4 is 5.73 Å². The molecule has 5 heteroatoms. The quantitative estimate of drug-likeness (QED) is 0.874. The monoisotopic (exact) mass is 254 g/mol.